The Morgan fingerprint density at radius 3 is 1.56 bits per heavy atom. The predicted molar refractivity (Wildman–Crippen MR) is 83.3 cm³/mol. The van der Waals surface area contributed by atoms with E-state index in [4.69, 9.17) is 5.11 Å². The molecule has 0 aromatic heterocycles. The van der Waals surface area contributed by atoms with E-state index in [0.29, 0.717) is 0 Å². The van der Waals surface area contributed by atoms with Crippen molar-refractivity contribution in [2.75, 3.05) is 13.6 Å². The molecule has 0 bridgehead atoms. The second-order valence-electron chi connectivity index (χ2n) is 2.83. The maximum atomic E-state index is 10.5. The molecule has 0 aliphatic carbocycles. The van der Waals surface area contributed by atoms with Gasteiger partial charge in [-0.1, -0.05) is 61.8 Å². The molecule has 18 heavy (non-hydrogen) atoms. The van der Waals surface area contributed by atoms with Gasteiger partial charge in [-0.05, 0) is 26.4 Å². The van der Waals surface area contributed by atoms with Crippen molar-refractivity contribution in [2.24, 2.45) is 0 Å². The normalized spacial score (nSPS) is 17.1. The molecule has 1 heterocycles. The average molecular weight is 263 g/mol. The molecule has 3 heteroatoms. The molecule has 0 amide bonds. The molecule has 0 aromatic rings. The summed E-state index contributed by atoms with van der Waals surface area (Å²) < 4.78 is 0. The predicted octanol–water partition coefficient (Wildman–Crippen LogP) is 4.66. The Morgan fingerprint density at radius 1 is 0.944 bits per heavy atom. The smallest absolute Gasteiger partial charge is 0.320 e. The molecular weight excluding hydrogens is 226 g/mol. The van der Waals surface area contributed by atoms with Crippen LogP contribution in [-0.4, -0.2) is 35.6 Å². The Balaban J connectivity index is -0.000000105. The molecule has 1 aliphatic heterocycles. The van der Waals surface area contributed by atoms with Crippen molar-refractivity contribution in [2.45, 2.75) is 80.7 Å². The zero-order valence-electron chi connectivity index (χ0n) is 14.2. The van der Waals surface area contributed by atoms with Crippen LogP contribution >= 0.6 is 0 Å². The van der Waals surface area contributed by atoms with E-state index < -0.39 is 5.97 Å². The molecule has 1 rings (SSSR count). The third kappa shape index (κ3) is 15.4. The molecule has 0 spiro atoms. The van der Waals surface area contributed by atoms with Crippen molar-refractivity contribution in [3.8, 4) is 0 Å². The molecule has 0 saturated carbocycles. The zero-order chi connectivity index (χ0) is 15.6. The molecule has 1 atom stereocenters. The highest BCUT2D eigenvalue weighted by atomic mass is 16.4. The minimum atomic E-state index is -0.679. The van der Waals surface area contributed by atoms with Crippen molar-refractivity contribution >= 4 is 5.97 Å². The highest BCUT2D eigenvalue weighted by Crippen LogP contribution is 2.14. The Hall–Kier alpha value is -0.570. The second-order valence-corrected chi connectivity index (χ2v) is 2.83. The van der Waals surface area contributed by atoms with E-state index in [0.717, 1.165) is 25.8 Å². The van der Waals surface area contributed by atoms with Crippen LogP contribution in [0.25, 0.3) is 0 Å². The van der Waals surface area contributed by atoms with Crippen LogP contribution in [-0.2, 0) is 4.79 Å². The number of piperidine rings is 1. The van der Waals surface area contributed by atoms with Gasteiger partial charge in [0, 0.05) is 0 Å². The summed E-state index contributed by atoms with van der Waals surface area (Å²) in [5, 5.41) is 8.67. The molecule has 1 fully saturated rings. The maximum absolute atomic E-state index is 10.5. The molecule has 0 aromatic carbocycles. The molecule has 1 unspecified atom stereocenters. The van der Waals surface area contributed by atoms with Crippen molar-refractivity contribution in [3.63, 3.8) is 0 Å². The maximum Gasteiger partial charge on any atom is 0.320 e. The summed E-state index contributed by atoms with van der Waals surface area (Å²) in [4.78, 5) is 12.4. The van der Waals surface area contributed by atoms with E-state index in [1.54, 1.807) is 0 Å². The van der Waals surface area contributed by atoms with Crippen LogP contribution in [0.4, 0.5) is 0 Å². The van der Waals surface area contributed by atoms with E-state index in [-0.39, 0.29) is 6.04 Å². The van der Waals surface area contributed by atoms with Crippen LogP contribution in [0.3, 0.4) is 0 Å². The largest absolute Gasteiger partial charge is 0.480 e. The Kier molecular flexibility index (Phi) is 36.7. The summed E-state index contributed by atoms with van der Waals surface area (Å²) in [6.07, 6.45) is 3.01. The summed E-state index contributed by atoms with van der Waals surface area (Å²) >= 11 is 0. The van der Waals surface area contributed by atoms with Gasteiger partial charge in [-0.25, -0.2) is 0 Å². The lowest BCUT2D eigenvalue weighted by atomic mass is 10.0. The lowest BCUT2D eigenvalue weighted by Crippen LogP contribution is -2.41. The quantitative estimate of drug-likeness (QED) is 0.748. The summed E-state index contributed by atoms with van der Waals surface area (Å²) in [5.74, 6) is -0.679. The van der Waals surface area contributed by atoms with Crippen molar-refractivity contribution in [3.05, 3.63) is 0 Å². The van der Waals surface area contributed by atoms with Gasteiger partial charge >= 0.3 is 5.97 Å². The first-order valence-corrected chi connectivity index (χ1v) is 7.65. The number of rotatable bonds is 1. The van der Waals surface area contributed by atoms with Crippen molar-refractivity contribution in [1.82, 2.24) is 4.90 Å². The number of aliphatic carboxylic acids is 1. The zero-order valence-corrected chi connectivity index (χ0v) is 14.2. The highest BCUT2D eigenvalue weighted by Gasteiger charge is 2.24. The SMILES string of the molecule is CC.CC.CC.CC.CN1CCCCC1C(=O)O. The minimum Gasteiger partial charge on any atom is -0.480 e. The number of likely N-dealkylation sites (N-methyl/N-ethyl adjacent to an activating group) is 1. The number of hydrogen-bond donors (Lipinski definition) is 1. The van der Waals surface area contributed by atoms with Gasteiger partial charge in [0.1, 0.15) is 6.04 Å². The van der Waals surface area contributed by atoms with Crippen LogP contribution < -0.4 is 0 Å². The van der Waals surface area contributed by atoms with E-state index in [9.17, 15) is 4.79 Å². The first kappa shape index (κ1) is 26.1. The molecule has 114 valence electrons. The number of likely N-dealkylation sites (tertiary alicyclic amines) is 1. The van der Waals surface area contributed by atoms with Crippen LogP contribution in [0.1, 0.15) is 74.7 Å². The van der Waals surface area contributed by atoms with E-state index >= 15 is 0 Å². The van der Waals surface area contributed by atoms with Gasteiger partial charge in [-0.2, -0.15) is 0 Å². The molecule has 0 radical (unpaired) electrons. The van der Waals surface area contributed by atoms with E-state index in [2.05, 4.69) is 0 Å². The number of carboxylic acid groups (broad SMARTS) is 1. The van der Waals surface area contributed by atoms with Gasteiger partial charge in [0.15, 0.2) is 0 Å². The topological polar surface area (TPSA) is 40.5 Å². The molecular formula is C15H37NO2. The van der Waals surface area contributed by atoms with Gasteiger partial charge < -0.3 is 5.11 Å². The summed E-state index contributed by atoms with van der Waals surface area (Å²) in [6, 6.07) is -0.228. The fourth-order valence-electron chi connectivity index (χ4n) is 1.39. The second kappa shape index (κ2) is 25.3. The van der Waals surface area contributed by atoms with Crippen LogP contribution in [0.5, 0.6) is 0 Å². The first-order chi connectivity index (χ1) is 8.72. The summed E-state index contributed by atoms with van der Waals surface area (Å²) in [6.45, 7) is 16.9. The molecule has 1 N–H and O–H groups in total. The van der Waals surface area contributed by atoms with Crippen LogP contribution in [0.15, 0.2) is 0 Å². The number of nitrogens with zero attached hydrogens (tertiary/aromatic N) is 1. The standard InChI is InChI=1S/C7H13NO2.4C2H6/c1-8-5-3-2-4-6(8)7(9)10;4*1-2/h6H,2-5H2,1H3,(H,9,10);4*1-2H3. The summed E-state index contributed by atoms with van der Waals surface area (Å²) in [7, 11) is 1.87. The van der Waals surface area contributed by atoms with E-state index in [1.165, 1.54) is 0 Å². The molecule has 1 aliphatic rings. The molecule has 3 nitrogen and oxygen atoms in total. The van der Waals surface area contributed by atoms with Gasteiger partial charge in [0.05, 0.1) is 0 Å². The van der Waals surface area contributed by atoms with E-state index in [1.807, 2.05) is 67.3 Å². The van der Waals surface area contributed by atoms with Crippen LogP contribution in [0.2, 0.25) is 0 Å². The van der Waals surface area contributed by atoms with Gasteiger partial charge in [-0.15, -0.1) is 0 Å². The fraction of sp³-hybridized carbons (Fsp3) is 0.933. The average Bonchev–Trinajstić information content (AvgIpc) is 2.48. The molecule has 1 saturated heterocycles. The Morgan fingerprint density at radius 2 is 1.33 bits per heavy atom. The highest BCUT2D eigenvalue weighted by molar-refractivity contribution is 5.73. The van der Waals surface area contributed by atoms with Gasteiger partial charge in [0.25, 0.3) is 0 Å². The lowest BCUT2D eigenvalue weighted by Gasteiger charge is -2.28. The minimum absolute atomic E-state index is 0.228. The number of carboxylic acids is 1. The number of hydrogen-bond acceptors (Lipinski definition) is 2. The third-order valence-electron chi connectivity index (χ3n) is 2.06. The van der Waals surface area contributed by atoms with Gasteiger partial charge in [-0.3, -0.25) is 9.69 Å². The summed E-state index contributed by atoms with van der Waals surface area (Å²) in [5.41, 5.74) is 0. The van der Waals surface area contributed by atoms with Crippen molar-refractivity contribution in [1.29, 1.82) is 0 Å². The lowest BCUT2D eigenvalue weighted by molar-refractivity contribution is -0.143. The van der Waals surface area contributed by atoms with Crippen molar-refractivity contribution < 1.29 is 9.90 Å². The monoisotopic (exact) mass is 263 g/mol. The fourth-order valence-corrected chi connectivity index (χ4v) is 1.39. The van der Waals surface area contributed by atoms with Gasteiger partial charge in [0.2, 0.25) is 0 Å². The third-order valence-corrected chi connectivity index (χ3v) is 2.06. The number of carbonyl (C=O) groups is 1. The Labute approximate surface area is 116 Å². The first-order valence-electron chi connectivity index (χ1n) is 7.65. The van der Waals surface area contributed by atoms with Crippen LogP contribution in [0, 0.1) is 0 Å². The Bertz CT molecular complexity index is 138.